The third-order valence-corrected chi connectivity index (χ3v) is 8.03. The van der Waals surface area contributed by atoms with Gasteiger partial charge in [0.15, 0.2) is 35.0 Å². The molecule has 1 fully saturated rings. The summed E-state index contributed by atoms with van der Waals surface area (Å²) in [5.74, 6) is -3.19. The number of hydrogen-bond donors (Lipinski definition) is 3. The minimum atomic E-state index is -4.56. The van der Waals surface area contributed by atoms with Gasteiger partial charge in [0, 0.05) is 6.04 Å². The number of aromatic nitrogens is 4. The van der Waals surface area contributed by atoms with Crippen LogP contribution in [0.25, 0.3) is 11.2 Å². The molecule has 3 aromatic rings. The summed E-state index contributed by atoms with van der Waals surface area (Å²) in [4.78, 5) is 25.4. The van der Waals surface area contributed by atoms with Gasteiger partial charge in [-0.15, -0.1) is 0 Å². The van der Waals surface area contributed by atoms with Crippen molar-refractivity contribution in [2.75, 3.05) is 11.9 Å². The number of aliphatic hydroxyl groups is 1. The van der Waals surface area contributed by atoms with E-state index < -0.39 is 56.3 Å². The standard InChI is InChI=1S/C27H37F2N6O7P/c1-15(2)31-21-20-22(33-18(6)32-21)35(14-30-20)25-26(7,28)24(37)27(29,41-25)13-39-43(38,42-19-11-9-8-10-12-19)34-17(5)23(36)40-16(3)4/h8-12,14-17,24-25,37H,13H2,1-7H3,(H,34,38)(H,31,32,33)/t17-,24-,25+,26+,27+,43-/m0/s1. The molecule has 13 nitrogen and oxygen atoms in total. The first-order chi connectivity index (χ1) is 20.0. The number of fused-ring (bicyclic) bond motifs is 1. The third kappa shape index (κ3) is 7.13. The van der Waals surface area contributed by atoms with E-state index in [1.54, 1.807) is 39.0 Å². The van der Waals surface area contributed by atoms with Gasteiger partial charge in [-0.25, -0.2) is 28.3 Å². The number of imidazole rings is 1. The Hall–Kier alpha value is -3.23. The highest BCUT2D eigenvalue weighted by molar-refractivity contribution is 7.52. The molecule has 16 heteroatoms. The number of carbonyl (C=O) groups is 1. The zero-order valence-electron chi connectivity index (χ0n) is 24.9. The normalized spacial score (nSPS) is 26.0. The van der Waals surface area contributed by atoms with E-state index in [-0.39, 0.29) is 23.0 Å². The van der Waals surface area contributed by atoms with Crippen molar-refractivity contribution >= 4 is 30.7 Å². The molecule has 236 valence electrons. The van der Waals surface area contributed by atoms with Gasteiger partial charge >= 0.3 is 13.7 Å². The van der Waals surface area contributed by atoms with E-state index in [2.05, 4.69) is 25.4 Å². The van der Waals surface area contributed by atoms with Gasteiger partial charge in [-0.2, -0.15) is 5.09 Å². The molecule has 6 atom stereocenters. The average molecular weight is 627 g/mol. The Labute approximate surface area is 247 Å². The predicted octanol–water partition coefficient (Wildman–Crippen LogP) is 4.37. The lowest BCUT2D eigenvalue weighted by Gasteiger charge is -2.28. The summed E-state index contributed by atoms with van der Waals surface area (Å²) in [5, 5.41) is 16.4. The van der Waals surface area contributed by atoms with Crippen molar-refractivity contribution in [1.29, 1.82) is 0 Å². The molecule has 0 saturated carbocycles. The van der Waals surface area contributed by atoms with Crippen LogP contribution in [0, 0.1) is 6.92 Å². The Balaban J connectivity index is 1.62. The van der Waals surface area contributed by atoms with Gasteiger partial charge in [0.2, 0.25) is 0 Å². The number of hydrogen-bond acceptors (Lipinski definition) is 11. The molecule has 0 spiro atoms. The number of rotatable bonds is 12. The van der Waals surface area contributed by atoms with Gasteiger partial charge < -0.3 is 24.4 Å². The average Bonchev–Trinajstić information content (AvgIpc) is 3.40. The van der Waals surface area contributed by atoms with Crippen molar-refractivity contribution in [3.8, 4) is 5.75 Å². The minimum absolute atomic E-state index is 0.00774. The quantitative estimate of drug-likeness (QED) is 0.193. The van der Waals surface area contributed by atoms with Crippen molar-refractivity contribution in [2.45, 2.75) is 90.5 Å². The topological polar surface area (TPSA) is 159 Å². The van der Waals surface area contributed by atoms with E-state index in [1.165, 1.54) is 25.4 Å². The zero-order valence-corrected chi connectivity index (χ0v) is 25.8. The van der Waals surface area contributed by atoms with Gasteiger partial charge in [-0.3, -0.25) is 13.9 Å². The van der Waals surface area contributed by atoms with Crippen molar-refractivity contribution in [3.63, 3.8) is 0 Å². The molecule has 0 radical (unpaired) electrons. The number of ether oxygens (including phenoxy) is 2. The van der Waals surface area contributed by atoms with Crippen LogP contribution < -0.4 is 14.9 Å². The number of nitrogens with zero attached hydrogens (tertiary/aromatic N) is 4. The molecular formula is C27H37F2N6O7P. The summed E-state index contributed by atoms with van der Waals surface area (Å²) in [6.07, 6.45) is -3.43. The second-order valence-corrected chi connectivity index (χ2v) is 12.8. The van der Waals surface area contributed by atoms with E-state index in [0.717, 1.165) is 11.5 Å². The highest BCUT2D eigenvalue weighted by Gasteiger charge is 2.65. The number of carbonyl (C=O) groups excluding carboxylic acids is 1. The molecule has 4 rings (SSSR count). The fraction of sp³-hybridized carbons (Fsp3) is 0.556. The van der Waals surface area contributed by atoms with Crippen LogP contribution >= 0.6 is 7.75 Å². The number of esters is 1. The molecule has 0 amide bonds. The molecule has 0 aliphatic carbocycles. The number of halogens is 2. The second kappa shape index (κ2) is 12.4. The predicted molar refractivity (Wildman–Crippen MR) is 153 cm³/mol. The van der Waals surface area contributed by atoms with Crippen LogP contribution in [0.3, 0.4) is 0 Å². The summed E-state index contributed by atoms with van der Waals surface area (Å²) >= 11 is 0. The monoisotopic (exact) mass is 626 g/mol. The summed E-state index contributed by atoms with van der Waals surface area (Å²) in [6.45, 7) is 9.76. The van der Waals surface area contributed by atoms with Crippen LogP contribution in [0.5, 0.6) is 5.75 Å². The SMILES string of the molecule is Cc1nc(NC(C)C)c2ncn([C@@H]3O[C@](F)(CO[P@@](=O)(N[C@@H](C)C(=O)OC(C)C)Oc4ccccc4)[C@@H](O)[C@@]3(C)F)c2n1. The Morgan fingerprint density at radius 3 is 2.49 bits per heavy atom. The van der Waals surface area contributed by atoms with Crippen molar-refractivity contribution in [3.05, 3.63) is 42.5 Å². The molecule has 43 heavy (non-hydrogen) atoms. The number of benzene rings is 1. The van der Waals surface area contributed by atoms with Crippen LogP contribution in [0.4, 0.5) is 14.6 Å². The number of nitrogens with one attached hydrogen (secondary N) is 2. The maximum absolute atomic E-state index is 16.3. The van der Waals surface area contributed by atoms with Crippen LogP contribution in [-0.4, -0.2) is 73.0 Å². The minimum Gasteiger partial charge on any atom is -0.462 e. The Bertz CT molecular complexity index is 1490. The summed E-state index contributed by atoms with van der Waals surface area (Å²) < 4.78 is 68.9. The van der Waals surface area contributed by atoms with Gasteiger partial charge in [0.25, 0.3) is 5.85 Å². The van der Waals surface area contributed by atoms with Gasteiger partial charge in [0.1, 0.15) is 24.2 Å². The molecule has 2 aromatic heterocycles. The number of anilines is 1. The molecular weight excluding hydrogens is 589 g/mol. The van der Waals surface area contributed by atoms with Crippen LogP contribution in [-0.2, 0) is 23.4 Å². The van der Waals surface area contributed by atoms with E-state index in [1.807, 2.05) is 13.8 Å². The number of aliphatic hydroxyl groups excluding tert-OH is 1. The molecule has 1 saturated heterocycles. The van der Waals surface area contributed by atoms with Crippen LogP contribution in [0.15, 0.2) is 36.7 Å². The van der Waals surface area contributed by atoms with Crippen LogP contribution in [0.1, 0.15) is 53.6 Å². The van der Waals surface area contributed by atoms with Gasteiger partial charge in [-0.1, -0.05) is 18.2 Å². The van der Waals surface area contributed by atoms with Gasteiger partial charge in [-0.05, 0) is 60.6 Å². The number of alkyl halides is 2. The summed E-state index contributed by atoms with van der Waals surface area (Å²) in [5.41, 5.74) is -2.31. The third-order valence-electron chi connectivity index (χ3n) is 6.40. The number of aryl methyl sites for hydroxylation is 1. The van der Waals surface area contributed by atoms with E-state index >= 15 is 8.78 Å². The Morgan fingerprint density at radius 1 is 1.19 bits per heavy atom. The summed E-state index contributed by atoms with van der Waals surface area (Å²) in [6, 6.07) is 6.58. The lowest BCUT2D eigenvalue weighted by Crippen LogP contribution is -2.47. The van der Waals surface area contributed by atoms with Crippen molar-refractivity contribution in [2.24, 2.45) is 0 Å². The first-order valence-corrected chi connectivity index (χ1v) is 15.3. The second-order valence-electron chi connectivity index (χ2n) is 11.1. The largest absolute Gasteiger partial charge is 0.462 e. The smallest absolute Gasteiger partial charge is 0.459 e. The molecule has 1 aliphatic rings. The van der Waals surface area contributed by atoms with Crippen LogP contribution in [0.2, 0.25) is 0 Å². The van der Waals surface area contributed by atoms with Crippen molar-refractivity contribution < 1.29 is 41.8 Å². The maximum atomic E-state index is 16.3. The number of para-hydroxylation sites is 1. The molecule has 1 aromatic carbocycles. The Morgan fingerprint density at radius 2 is 1.86 bits per heavy atom. The molecule has 0 unspecified atom stereocenters. The van der Waals surface area contributed by atoms with E-state index in [9.17, 15) is 14.5 Å². The highest BCUT2D eigenvalue weighted by Crippen LogP contribution is 2.52. The molecule has 3 N–H and O–H groups in total. The Kier molecular flexibility index (Phi) is 9.43. The highest BCUT2D eigenvalue weighted by atomic mass is 31.2. The molecule has 0 bridgehead atoms. The van der Waals surface area contributed by atoms with Crippen molar-refractivity contribution in [1.82, 2.24) is 24.6 Å². The summed E-state index contributed by atoms with van der Waals surface area (Å²) in [7, 11) is -4.56. The first-order valence-electron chi connectivity index (χ1n) is 13.7. The fourth-order valence-electron chi connectivity index (χ4n) is 4.44. The zero-order chi connectivity index (χ0) is 31.7. The maximum Gasteiger partial charge on any atom is 0.459 e. The molecule has 3 heterocycles. The van der Waals surface area contributed by atoms with E-state index in [0.29, 0.717) is 11.6 Å². The van der Waals surface area contributed by atoms with E-state index in [4.69, 9.17) is 18.5 Å². The lowest BCUT2D eigenvalue weighted by molar-refractivity contribution is -0.202. The van der Waals surface area contributed by atoms with Gasteiger partial charge in [0.05, 0.1) is 12.4 Å². The molecule has 1 aliphatic heterocycles. The lowest BCUT2D eigenvalue weighted by atomic mass is 9.97. The first kappa shape index (κ1) is 32.7. The fourth-order valence-corrected chi connectivity index (χ4v) is 5.95.